The second-order valence-electron chi connectivity index (χ2n) is 2.28. The van der Waals surface area contributed by atoms with E-state index in [1.54, 1.807) is 0 Å². The number of nitrogens with zero attached hydrogens (tertiary/aromatic N) is 1. The first kappa shape index (κ1) is 12.3. The summed E-state index contributed by atoms with van der Waals surface area (Å²) in [4.78, 5) is 34.1. The summed E-state index contributed by atoms with van der Waals surface area (Å²) in [7, 11) is -5.52. The molecule has 7 nitrogen and oxygen atoms in total. The minimum atomic E-state index is -4.29. The van der Waals surface area contributed by atoms with Crippen LogP contribution < -0.4 is 0 Å². The molecule has 0 aliphatic carbocycles. The highest BCUT2D eigenvalue weighted by molar-refractivity contribution is 7.52. The lowest BCUT2D eigenvalue weighted by Crippen LogP contribution is -2.18. The standard InChI is InChI=1S/C3H10NO6P2/c1-4(2-11(5,6)7)3-12(8,9)10/h1-3H2,(H2,5,6,7)(H2,8,9,10). The van der Waals surface area contributed by atoms with Crippen molar-refractivity contribution < 1.29 is 28.7 Å². The number of rotatable bonds is 4. The third-order valence-electron chi connectivity index (χ3n) is 0.768. The van der Waals surface area contributed by atoms with Crippen LogP contribution in [0.3, 0.4) is 0 Å². The molecule has 4 N–H and O–H groups in total. The minimum Gasteiger partial charge on any atom is -0.324 e. The van der Waals surface area contributed by atoms with Crippen molar-refractivity contribution in [2.75, 3.05) is 12.6 Å². The van der Waals surface area contributed by atoms with Gasteiger partial charge in [-0.05, 0) is 0 Å². The van der Waals surface area contributed by atoms with Gasteiger partial charge in [0.25, 0.3) is 0 Å². The van der Waals surface area contributed by atoms with Crippen LogP contribution in [-0.4, -0.2) is 37.0 Å². The second kappa shape index (κ2) is 3.98. The monoisotopic (exact) mass is 218 g/mol. The summed E-state index contributed by atoms with van der Waals surface area (Å²) in [5.41, 5.74) is 0. The molecule has 0 unspecified atom stereocenters. The van der Waals surface area contributed by atoms with Gasteiger partial charge in [0.15, 0.2) is 0 Å². The van der Waals surface area contributed by atoms with Crippen LogP contribution in [0.4, 0.5) is 0 Å². The van der Waals surface area contributed by atoms with Gasteiger partial charge in [-0.1, -0.05) is 0 Å². The molecule has 0 rings (SSSR count). The maximum absolute atomic E-state index is 10.3. The van der Waals surface area contributed by atoms with Gasteiger partial charge in [-0.2, -0.15) is 0 Å². The van der Waals surface area contributed by atoms with Crippen LogP contribution in [0.2, 0.25) is 0 Å². The van der Waals surface area contributed by atoms with E-state index in [1.807, 2.05) is 0 Å². The molecule has 0 saturated carbocycles. The molecule has 0 atom stereocenters. The molecule has 73 valence electrons. The fourth-order valence-electron chi connectivity index (χ4n) is 0.566. The fourth-order valence-corrected chi connectivity index (χ4v) is 1.97. The minimum absolute atomic E-state index is 0.640. The zero-order valence-electron chi connectivity index (χ0n) is 6.07. The Morgan fingerprint density at radius 3 is 1.42 bits per heavy atom. The van der Waals surface area contributed by atoms with Gasteiger partial charge in [0.1, 0.15) is 12.6 Å². The van der Waals surface area contributed by atoms with E-state index < -0.39 is 27.8 Å². The van der Waals surface area contributed by atoms with Gasteiger partial charge in [0.2, 0.25) is 0 Å². The molecule has 0 aromatic carbocycles. The largest absolute Gasteiger partial charge is 0.339 e. The third kappa shape index (κ3) is 8.36. The molecule has 0 saturated heterocycles. The molecule has 0 spiro atoms. The summed E-state index contributed by atoms with van der Waals surface area (Å²) in [5.74, 6) is 0. The van der Waals surface area contributed by atoms with Crippen molar-refractivity contribution in [2.24, 2.45) is 0 Å². The van der Waals surface area contributed by atoms with Crippen LogP contribution >= 0.6 is 15.2 Å². The van der Waals surface area contributed by atoms with Crippen molar-refractivity contribution in [3.8, 4) is 0 Å². The van der Waals surface area contributed by atoms with E-state index >= 15 is 0 Å². The summed E-state index contributed by atoms with van der Waals surface area (Å²) < 4.78 is 20.6. The smallest absolute Gasteiger partial charge is 0.324 e. The van der Waals surface area contributed by atoms with Gasteiger partial charge in [-0.25, -0.2) is 0 Å². The van der Waals surface area contributed by atoms with E-state index in [0.717, 1.165) is 0 Å². The highest BCUT2D eigenvalue weighted by atomic mass is 31.2. The summed E-state index contributed by atoms with van der Waals surface area (Å²) in [6.45, 7) is 0. The molecule has 9 heteroatoms. The molecule has 0 aromatic heterocycles. The highest BCUT2D eigenvalue weighted by Crippen LogP contribution is 2.40. The molecule has 0 aromatic rings. The topological polar surface area (TPSA) is 118 Å². The lowest BCUT2D eigenvalue weighted by molar-refractivity contribution is 0.318. The van der Waals surface area contributed by atoms with Crippen LogP contribution in [0, 0.1) is 7.05 Å². The van der Waals surface area contributed by atoms with Crippen molar-refractivity contribution in [3.05, 3.63) is 7.05 Å². The molecule has 12 heavy (non-hydrogen) atoms. The molecule has 0 bridgehead atoms. The van der Waals surface area contributed by atoms with Gasteiger partial charge >= 0.3 is 15.2 Å². The van der Waals surface area contributed by atoms with Crippen molar-refractivity contribution >= 4 is 15.2 Å². The van der Waals surface area contributed by atoms with Crippen LogP contribution in [0.5, 0.6) is 0 Å². The predicted molar refractivity (Wildman–Crippen MR) is 41.0 cm³/mol. The lowest BCUT2D eigenvalue weighted by Gasteiger charge is -2.16. The lowest BCUT2D eigenvalue weighted by atomic mass is 11.0. The van der Waals surface area contributed by atoms with E-state index in [-0.39, 0.29) is 0 Å². The first-order valence-corrected chi connectivity index (χ1v) is 6.34. The van der Waals surface area contributed by atoms with Crippen molar-refractivity contribution in [1.82, 2.24) is 4.90 Å². The third-order valence-corrected chi connectivity index (χ3v) is 2.31. The Bertz CT molecular complexity index is 205. The Morgan fingerprint density at radius 1 is 1.00 bits per heavy atom. The molecular weight excluding hydrogens is 208 g/mol. The van der Waals surface area contributed by atoms with Crippen LogP contribution in [0.25, 0.3) is 0 Å². The number of hydrogen-bond acceptors (Lipinski definition) is 3. The van der Waals surface area contributed by atoms with Crippen LogP contribution in [0.1, 0.15) is 0 Å². The molecule has 0 heterocycles. The predicted octanol–water partition coefficient (Wildman–Crippen LogP) is -0.650. The average Bonchev–Trinajstić information content (AvgIpc) is 1.49. The summed E-state index contributed by atoms with van der Waals surface area (Å²) in [6.07, 6.45) is -1.53. The Morgan fingerprint density at radius 2 is 1.25 bits per heavy atom. The normalized spacial score (nSPS) is 13.8. The van der Waals surface area contributed by atoms with E-state index in [9.17, 15) is 9.13 Å². The Balaban J connectivity index is 4.00. The van der Waals surface area contributed by atoms with E-state index in [2.05, 4.69) is 7.05 Å². The van der Waals surface area contributed by atoms with Crippen LogP contribution in [-0.2, 0) is 9.13 Å². The maximum Gasteiger partial charge on any atom is 0.339 e. The SMILES string of the molecule is [CH2]N(CP(=O)(O)O)CP(=O)(O)O. The van der Waals surface area contributed by atoms with Crippen molar-refractivity contribution in [1.29, 1.82) is 0 Å². The van der Waals surface area contributed by atoms with Gasteiger partial charge < -0.3 is 19.6 Å². The molecule has 0 aliphatic rings. The van der Waals surface area contributed by atoms with Gasteiger partial charge in [-0.15, -0.1) is 0 Å². The first-order valence-electron chi connectivity index (χ1n) is 2.75. The average molecular weight is 218 g/mol. The summed E-state index contributed by atoms with van der Waals surface area (Å²) in [5, 5.41) is 0. The Hall–Kier alpha value is 0.260. The van der Waals surface area contributed by atoms with Crippen LogP contribution in [0.15, 0.2) is 0 Å². The molecule has 1 radical (unpaired) electrons. The van der Waals surface area contributed by atoms with Gasteiger partial charge in [-0.3, -0.25) is 14.0 Å². The maximum atomic E-state index is 10.3. The van der Waals surface area contributed by atoms with Gasteiger partial charge in [0.05, 0.1) is 0 Å². The second-order valence-corrected chi connectivity index (χ2v) is 5.51. The quantitative estimate of drug-likeness (QED) is 0.463. The van der Waals surface area contributed by atoms with E-state index in [1.165, 1.54) is 0 Å². The van der Waals surface area contributed by atoms with E-state index in [4.69, 9.17) is 19.6 Å². The molecular formula is C3H10NO6P2. The molecule has 0 amide bonds. The Labute approximate surface area is 69.3 Å². The van der Waals surface area contributed by atoms with E-state index in [0.29, 0.717) is 4.90 Å². The number of hydrogen-bond donors (Lipinski definition) is 4. The Kier molecular flexibility index (Phi) is 4.07. The van der Waals surface area contributed by atoms with Crippen molar-refractivity contribution in [3.63, 3.8) is 0 Å². The molecule has 0 fully saturated rings. The first-order chi connectivity index (χ1) is 5.10. The summed E-state index contributed by atoms with van der Waals surface area (Å²) >= 11 is 0. The van der Waals surface area contributed by atoms with Gasteiger partial charge in [0, 0.05) is 7.05 Å². The highest BCUT2D eigenvalue weighted by Gasteiger charge is 2.22. The molecule has 0 aliphatic heterocycles. The fraction of sp³-hybridized carbons (Fsp3) is 0.667. The van der Waals surface area contributed by atoms with Crippen molar-refractivity contribution in [2.45, 2.75) is 0 Å². The zero-order chi connectivity index (χ0) is 9.99. The zero-order valence-corrected chi connectivity index (χ0v) is 7.86. The summed E-state index contributed by atoms with van der Waals surface area (Å²) in [6, 6.07) is 0.